The van der Waals surface area contributed by atoms with Gasteiger partial charge in [-0.2, -0.15) is 5.10 Å². The number of nitrogens with zero attached hydrogens (tertiary/aromatic N) is 3. The van der Waals surface area contributed by atoms with E-state index < -0.39 is 5.54 Å². The fraction of sp³-hybridized carbons (Fsp3) is 0.615. The van der Waals surface area contributed by atoms with Gasteiger partial charge in [0.25, 0.3) is 5.91 Å². The lowest BCUT2D eigenvalue weighted by atomic mass is 9.99. The van der Waals surface area contributed by atoms with Crippen LogP contribution in [0.25, 0.3) is 0 Å². The molecule has 2 fully saturated rings. The molecule has 1 unspecified atom stereocenters. The van der Waals surface area contributed by atoms with E-state index in [0.29, 0.717) is 13.0 Å². The Labute approximate surface area is 131 Å². The Morgan fingerprint density at radius 3 is 2.76 bits per heavy atom. The van der Waals surface area contributed by atoms with Gasteiger partial charge in [-0.15, -0.1) is 0 Å². The number of carbonyl (C=O) groups is 2. The zero-order valence-electron chi connectivity index (χ0n) is 12.1. The van der Waals surface area contributed by atoms with E-state index in [4.69, 9.17) is 0 Å². The molecule has 8 heteroatoms. The number of nitrogens with one attached hydrogen (secondary N) is 2. The van der Waals surface area contributed by atoms with Crippen molar-refractivity contribution in [3.8, 4) is 0 Å². The molecular weight excluding hydrogens is 338 g/mol. The van der Waals surface area contributed by atoms with Gasteiger partial charge in [0.2, 0.25) is 0 Å². The molecule has 2 N–H and O–H groups in total. The number of halogens is 1. The van der Waals surface area contributed by atoms with E-state index in [0.717, 1.165) is 28.8 Å². The summed E-state index contributed by atoms with van der Waals surface area (Å²) in [5.41, 5.74) is 1.01. The Kier molecular flexibility index (Phi) is 3.53. The molecule has 1 aromatic rings. The molecule has 0 bridgehead atoms. The predicted octanol–water partition coefficient (Wildman–Crippen LogP) is 0.529. The zero-order chi connectivity index (χ0) is 15.2. The van der Waals surface area contributed by atoms with Crippen LogP contribution in [-0.2, 0) is 24.8 Å². The van der Waals surface area contributed by atoms with Crippen LogP contribution >= 0.6 is 15.9 Å². The molecule has 1 atom stereocenters. The van der Waals surface area contributed by atoms with Crippen molar-refractivity contribution >= 4 is 27.9 Å². The summed E-state index contributed by atoms with van der Waals surface area (Å²) in [6.45, 7) is 3.50. The van der Waals surface area contributed by atoms with Gasteiger partial charge in [0.05, 0.1) is 22.4 Å². The Morgan fingerprint density at radius 2 is 2.19 bits per heavy atom. The number of aryl methyl sites for hydroxylation is 2. The van der Waals surface area contributed by atoms with Gasteiger partial charge in [0.15, 0.2) is 0 Å². The minimum absolute atomic E-state index is 0.149. The molecular formula is C13H18BrN5O2. The van der Waals surface area contributed by atoms with Crippen LogP contribution in [0.4, 0.5) is 4.79 Å². The Balaban J connectivity index is 1.87. The summed E-state index contributed by atoms with van der Waals surface area (Å²) in [5, 5.41) is 10.4. The van der Waals surface area contributed by atoms with Gasteiger partial charge in [0.1, 0.15) is 5.54 Å². The van der Waals surface area contributed by atoms with Gasteiger partial charge in [-0.1, -0.05) is 6.92 Å². The number of hydrogen-bond acceptors (Lipinski definition) is 4. The van der Waals surface area contributed by atoms with Gasteiger partial charge in [-0.3, -0.25) is 14.4 Å². The number of aromatic nitrogens is 2. The number of carbonyl (C=O) groups excluding carboxylic acids is 2. The summed E-state index contributed by atoms with van der Waals surface area (Å²) in [7, 11) is 1.82. The third-order valence-electron chi connectivity index (χ3n) is 4.21. The lowest BCUT2D eigenvalue weighted by molar-refractivity contribution is -0.131. The summed E-state index contributed by atoms with van der Waals surface area (Å²) in [5.74, 6) is -0.149. The van der Waals surface area contributed by atoms with Crippen molar-refractivity contribution in [2.75, 3.05) is 13.1 Å². The third kappa shape index (κ3) is 2.17. The van der Waals surface area contributed by atoms with Crippen molar-refractivity contribution in [1.82, 2.24) is 25.3 Å². The summed E-state index contributed by atoms with van der Waals surface area (Å²) in [6.07, 6.45) is 1.43. The quantitative estimate of drug-likeness (QED) is 0.775. The van der Waals surface area contributed by atoms with E-state index in [9.17, 15) is 9.59 Å². The van der Waals surface area contributed by atoms with Crippen LogP contribution in [0.1, 0.15) is 24.7 Å². The molecule has 0 aromatic carbocycles. The Morgan fingerprint density at radius 1 is 1.43 bits per heavy atom. The molecule has 3 rings (SSSR count). The topological polar surface area (TPSA) is 79.3 Å². The second kappa shape index (κ2) is 5.10. The molecule has 2 saturated heterocycles. The molecule has 1 spiro atoms. The fourth-order valence-electron chi connectivity index (χ4n) is 2.94. The second-order valence-electron chi connectivity index (χ2n) is 5.51. The molecule has 2 aliphatic heterocycles. The molecule has 2 aliphatic rings. The molecule has 3 heterocycles. The predicted molar refractivity (Wildman–Crippen MR) is 79.6 cm³/mol. The SMILES string of the molecule is CCc1nn(C)c(CN2C(=O)NC3(CCNC3)C2=O)c1Br. The summed E-state index contributed by atoms with van der Waals surface area (Å²) in [4.78, 5) is 26.1. The standard InChI is InChI=1S/C13H18BrN5O2/c1-3-8-10(14)9(18(2)17-8)6-19-11(20)13(16-12(19)21)4-5-15-7-13/h15H,3-7H2,1-2H3,(H,16,21). The molecule has 0 aliphatic carbocycles. The van der Waals surface area contributed by atoms with Crippen LogP contribution in [0.5, 0.6) is 0 Å². The largest absolute Gasteiger partial charge is 0.325 e. The normalized spacial score (nSPS) is 25.2. The van der Waals surface area contributed by atoms with Crippen molar-refractivity contribution in [2.45, 2.75) is 31.8 Å². The molecule has 114 valence electrons. The van der Waals surface area contributed by atoms with Gasteiger partial charge in [-0.05, 0) is 35.3 Å². The first-order chi connectivity index (χ1) is 9.98. The Bertz CT molecular complexity index is 606. The van der Waals surface area contributed by atoms with Gasteiger partial charge in [0, 0.05) is 13.6 Å². The first-order valence-electron chi connectivity index (χ1n) is 7.03. The number of hydrogen-bond donors (Lipinski definition) is 2. The summed E-state index contributed by atoms with van der Waals surface area (Å²) < 4.78 is 2.60. The molecule has 21 heavy (non-hydrogen) atoms. The van der Waals surface area contributed by atoms with Crippen LogP contribution < -0.4 is 10.6 Å². The van der Waals surface area contributed by atoms with E-state index in [1.807, 2.05) is 14.0 Å². The van der Waals surface area contributed by atoms with E-state index in [-0.39, 0.29) is 18.5 Å². The highest BCUT2D eigenvalue weighted by Gasteiger charge is 2.52. The van der Waals surface area contributed by atoms with Gasteiger partial charge < -0.3 is 10.6 Å². The minimum Gasteiger partial charge on any atom is -0.322 e. The highest BCUT2D eigenvalue weighted by Crippen LogP contribution is 2.28. The van der Waals surface area contributed by atoms with E-state index in [1.54, 1.807) is 4.68 Å². The van der Waals surface area contributed by atoms with Crippen molar-refractivity contribution in [3.05, 3.63) is 15.9 Å². The van der Waals surface area contributed by atoms with Crippen LogP contribution in [0.2, 0.25) is 0 Å². The monoisotopic (exact) mass is 355 g/mol. The van der Waals surface area contributed by atoms with Gasteiger partial charge >= 0.3 is 6.03 Å². The van der Waals surface area contributed by atoms with Crippen molar-refractivity contribution in [3.63, 3.8) is 0 Å². The smallest absolute Gasteiger partial charge is 0.322 e. The van der Waals surface area contributed by atoms with Crippen molar-refractivity contribution < 1.29 is 9.59 Å². The maximum Gasteiger partial charge on any atom is 0.325 e. The van der Waals surface area contributed by atoms with E-state index in [1.165, 1.54) is 4.90 Å². The average Bonchev–Trinajstić information content (AvgIpc) is 3.08. The lowest BCUT2D eigenvalue weighted by Crippen LogP contribution is -2.48. The van der Waals surface area contributed by atoms with Gasteiger partial charge in [-0.25, -0.2) is 4.79 Å². The maximum atomic E-state index is 12.6. The minimum atomic E-state index is -0.754. The molecule has 0 saturated carbocycles. The van der Waals surface area contributed by atoms with E-state index in [2.05, 4.69) is 31.7 Å². The van der Waals surface area contributed by atoms with Crippen LogP contribution in [0.15, 0.2) is 4.47 Å². The Hall–Kier alpha value is -1.41. The first kappa shape index (κ1) is 14.5. The third-order valence-corrected chi connectivity index (χ3v) is 5.13. The summed E-state index contributed by atoms with van der Waals surface area (Å²) >= 11 is 3.52. The second-order valence-corrected chi connectivity index (χ2v) is 6.31. The number of urea groups is 1. The van der Waals surface area contributed by atoms with Crippen molar-refractivity contribution in [2.24, 2.45) is 7.05 Å². The zero-order valence-corrected chi connectivity index (χ0v) is 13.7. The van der Waals surface area contributed by atoms with Crippen LogP contribution in [0, 0.1) is 0 Å². The highest BCUT2D eigenvalue weighted by molar-refractivity contribution is 9.10. The van der Waals surface area contributed by atoms with Crippen LogP contribution in [-0.4, -0.2) is 45.2 Å². The first-order valence-corrected chi connectivity index (χ1v) is 7.83. The maximum absolute atomic E-state index is 12.6. The number of amides is 3. The molecule has 3 amide bonds. The summed E-state index contributed by atoms with van der Waals surface area (Å²) in [6, 6.07) is -0.324. The number of imide groups is 1. The van der Waals surface area contributed by atoms with E-state index >= 15 is 0 Å². The van der Waals surface area contributed by atoms with Crippen molar-refractivity contribution in [1.29, 1.82) is 0 Å². The van der Waals surface area contributed by atoms with Crippen LogP contribution in [0.3, 0.4) is 0 Å². The average molecular weight is 356 g/mol. The molecule has 1 aromatic heterocycles. The number of rotatable bonds is 3. The fourth-order valence-corrected chi connectivity index (χ4v) is 3.68. The molecule has 0 radical (unpaired) electrons. The lowest BCUT2D eigenvalue weighted by Gasteiger charge is -2.19. The molecule has 7 nitrogen and oxygen atoms in total. The highest BCUT2D eigenvalue weighted by atomic mass is 79.9.